The Morgan fingerprint density at radius 2 is 1.53 bits per heavy atom. The number of carbonyl (C=O) groups is 1. The Bertz CT molecular complexity index is 1520. The maximum absolute atomic E-state index is 12.6. The maximum atomic E-state index is 12.6. The van der Waals surface area contributed by atoms with Crippen LogP contribution in [0.2, 0.25) is 0 Å². The Morgan fingerprint density at radius 1 is 0.889 bits per heavy atom. The molecule has 0 amide bonds. The third-order valence-electron chi connectivity index (χ3n) is 6.32. The van der Waals surface area contributed by atoms with Gasteiger partial charge in [0.1, 0.15) is 10.6 Å². The fourth-order valence-electron chi connectivity index (χ4n) is 4.58. The highest BCUT2D eigenvalue weighted by Crippen LogP contribution is 2.55. The van der Waals surface area contributed by atoms with Crippen molar-refractivity contribution in [2.75, 3.05) is 11.5 Å². The Kier molecular flexibility index (Phi) is 6.52. The van der Waals surface area contributed by atoms with Crippen molar-refractivity contribution in [3.8, 4) is 0 Å². The van der Waals surface area contributed by atoms with E-state index in [2.05, 4.69) is 65.6 Å². The highest BCUT2D eigenvalue weighted by atomic mass is 32.2. The Hall–Kier alpha value is -3.13. The molecule has 4 nitrogen and oxygen atoms in total. The van der Waals surface area contributed by atoms with Crippen molar-refractivity contribution in [1.82, 2.24) is 9.97 Å². The number of carbonyl (C=O) groups excluding carboxylic acids is 1. The molecule has 0 saturated carbocycles. The number of ketones is 1. The van der Waals surface area contributed by atoms with Crippen molar-refractivity contribution < 1.29 is 4.79 Å². The number of thioether (sulfide) groups is 2. The fourth-order valence-corrected chi connectivity index (χ4v) is 8.40. The van der Waals surface area contributed by atoms with Gasteiger partial charge in [-0.1, -0.05) is 103 Å². The van der Waals surface area contributed by atoms with Crippen molar-refractivity contribution in [2.45, 2.75) is 22.1 Å². The standard InChI is InChI=1S/C29H23N3OS3/c30-27-24-21-16-23(19-12-6-2-7-13-19)35-25(20-14-8-3-9-15-20)26(21)36-28(24)32-29(31-27)34-17-22(33)18-10-4-1-5-11-18/h1-15,23,25H,16-17H2,(H2,30,31,32)/t23-,25-/m1/s1. The smallest absolute Gasteiger partial charge is 0.191 e. The Labute approximate surface area is 222 Å². The normalized spacial score (nSPS) is 17.1. The van der Waals surface area contributed by atoms with E-state index in [1.165, 1.54) is 33.3 Å². The van der Waals surface area contributed by atoms with Gasteiger partial charge in [0.2, 0.25) is 0 Å². The molecule has 6 rings (SSSR count). The highest BCUT2D eigenvalue weighted by molar-refractivity contribution is 8.00. The van der Waals surface area contributed by atoms with Gasteiger partial charge in [-0.25, -0.2) is 9.97 Å². The van der Waals surface area contributed by atoms with Gasteiger partial charge < -0.3 is 5.73 Å². The van der Waals surface area contributed by atoms with Gasteiger partial charge in [0.15, 0.2) is 10.9 Å². The van der Waals surface area contributed by atoms with Gasteiger partial charge in [-0.15, -0.1) is 23.1 Å². The van der Waals surface area contributed by atoms with E-state index in [1.807, 2.05) is 42.1 Å². The first-order chi connectivity index (χ1) is 17.7. The number of fused-ring (bicyclic) bond motifs is 3. The summed E-state index contributed by atoms with van der Waals surface area (Å²) in [5.41, 5.74) is 11.1. The number of thiophene rings is 1. The van der Waals surface area contributed by atoms with Crippen LogP contribution >= 0.6 is 34.9 Å². The minimum Gasteiger partial charge on any atom is -0.383 e. The lowest BCUT2D eigenvalue weighted by Crippen LogP contribution is -2.12. The summed E-state index contributed by atoms with van der Waals surface area (Å²) >= 11 is 5.04. The first-order valence-corrected chi connectivity index (χ1v) is 14.5. The van der Waals surface area contributed by atoms with Gasteiger partial charge in [-0.2, -0.15) is 0 Å². The van der Waals surface area contributed by atoms with Gasteiger partial charge in [0.25, 0.3) is 0 Å². The second kappa shape index (κ2) is 10.1. The number of nitrogen functional groups attached to an aromatic ring is 1. The van der Waals surface area contributed by atoms with Crippen LogP contribution in [0.25, 0.3) is 10.2 Å². The first-order valence-electron chi connectivity index (χ1n) is 11.7. The van der Waals surface area contributed by atoms with Crippen molar-refractivity contribution in [1.29, 1.82) is 0 Å². The molecule has 0 spiro atoms. The van der Waals surface area contributed by atoms with Crippen LogP contribution < -0.4 is 5.73 Å². The van der Waals surface area contributed by atoms with Crippen molar-refractivity contribution in [3.63, 3.8) is 0 Å². The number of Topliss-reactive ketones (excluding diaryl/α,β-unsaturated/α-hetero) is 1. The molecule has 0 radical (unpaired) electrons. The molecule has 3 heterocycles. The molecular formula is C29H23N3OS3. The average molecular weight is 526 g/mol. The highest BCUT2D eigenvalue weighted by Gasteiger charge is 2.34. The number of rotatable bonds is 6. The number of hydrogen-bond donors (Lipinski definition) is 1. The first kappa shape index (κ1) is 23.3. The van der Waals surface area contributed by atoms with E-state index >= 15 is 0 Å². The molecule has 0 aliphatic carbocycles. The molecule has 0 fully saturated rings. The van der Waals surface area contributed by atoms with E-state index in [0.717, 1.165) is 16.6 Å². The maximum Gasteiger partial charge on any atom is 0.191 e. The van der Waals surface area contributed by atoms with Gasteiger partial charge in [-0.3, -0.25) is 4.79 Å². The molecule has 2 atom stereocenters. The van der Waals surface area contributed by atoms with Crippen LogP contribution in [0.15, 0.2) is 96.2 Å². The van der Waals surface area contributed by atoms with Gasteiger partial charge >= 0.3 is 0 Å². The van der Waals surface area contributed by atoms with Crippen molar-refractivity contribution in [3.05, 3.63) is 118 Å². The third-order valence-corrected chi connectivity index (χ3v) is 10.1. The van der Waals surface area contributed by atoms with Gasteiger partial charge in [-0.05, 0) is 23.1 Å². The van der Waals surface area contributed by atoms with E-state index < -0.39 is 0 Å². The molecule has 5 aromatic rings. The summed E-state index contributed by atoms with van der Waals surface area (Å²) in [4.78, 5) is 24.3. The fraction of sp³-hybridized carbons (Fsp3) is 0.138. The SMILES string of the molecule is Nc1nc(SCC(=O)c2ccccc2)nc2sc3c(c12)C[C@H](c1ccccc1)S[C@@H]3c1ccccc1. The molecule has 0 unspecified atom stereocenters. The number of aromatic nitrogens is 2. The van der Waals surface area contributed by atoms with E-state index in [1.54, 1.807) is 11.3 Å². The lowest BCUT2D eigenvalue weighted by atomic mass is 9.98. The van der Waals surface area contributed by atoms with Crippen LogP contribution in [-0.2, 0) is 6.42 Å². The predicted octanol–water partition coefficient (Wildman–Crippen LogP) is 7.37. The summed E-state index contributed by atoms with van der Waals surface area (Å²) in [7, 11) is 0. The zero-order chi connectivity index (χ0) is 24.5. The second-order valence-electron chi connectivity index (χ2n) is 8.62. The van der Waals surface area contributed by atoms with Crippen LogP contribution in [0.3, 0.4) is 0 Å². The summed E-state index contributed by atoms with van der Waals surface area (Å²) in [6.45, 7) is 0. The molecule has 1 aliphatic rings. The molecule has 7 heteroatoms. The molecular weight excluding hydrogens is 503 g/mol. The summed E-state index contributed by atoms with van der Waals surface area (Å²) in [6, 6.07) is 30.7. The molecule has 1 aliphatic heterocycles. The summed E-state index contributed by atoms with van der Waals surface area (Å²) < 4.78 is 0. The van der Waals surface area contributed by atoms with E-state index in [4.69, 9.17) is 10.7 Å². The minimum atomic E-state index is 0.0552. The molecule has 0 saturated heterocycles. The lowest BCUT2D eigenvalue weighted by molar-refractivity contribution is 0.102. The zero-order valence-electron chi connectivity index (χ0n) is 19.3. The lowest BCUT2D eigenvalue weighted by Gasteiger charge is -2.30. The molecule has 3 aromatic carbocycles. The molecule has 0 bridgehead atoms. The van der Waals surface area contributed by atoms with Gasteiger partial charge in [0.05, 0.1) is 16.4 Å². The summed E-state index contributed by atoms with van der Waals surface area (Å²) in [6.07, 6.45) is 0.889. The zero-order valence-corrected chi connectivity index (χ0v) is 21.8. The number of anilines is 1. The molecule has 2 aromatic heterocycles. The van der Waals surface area contributed by atoms with E-state index in [9.17, 15) is 4.79 Å². The third kappa shape index (κ3) is 4.54. The van der Waals surface area contributed by atoms with E-state index in [-0.39, 0.29) is 16.8 Å². The number of nitrogens with zero attached hydrogens (tertiary/aromatic N) is 2. The quantitative estimate of drug-likeness (QED) is 0.142. The van der Waals surface area contributed by atoms with Crippen molar-refractivity contribution in [2.24, 2.45) is 0 Å². The van der Waals surface area contributed by atoms with Crippen molar-refractivity contribution >= 4 is 56.7 Å². The molecule has 2 N–H and O–H groups in total. The summed E-state index contributed by atoms with van der Waals surface area (Å²) in [5, 5.41) is 2.04. The van der Waals surface area contributed by atoms with Crippen LogP contribution in [0.4, 0.5) is 5.82 Å². The van der Waals surface area contributed by atoms with Crippen LogP contribution in [0.1, 0.15) is 42.4 Å². The van der Waals surface area contributed by atoms with Crippen LogP contribution in [-0.4, -0.2) is 21.5 Å². The monoisotopic (exact) mass is 525 g/mol. The largest absolute Gasteiger partial charge is 0.383 e. The Morgan fingerprint density at radius 3 is 2.22 bits per heavy atom. The average Bonchev–Trinajstić information content (AvgIpc) is 3.31. The number of benzene rings is 3. The molecule has 178 valence electrons. The number of nitrogens with two attached hydrogens (primary N) is 1. The van der Waals surface area contributed by atoms with Crippen LogP contribution in [0, 0.1) is 0 Å². The molecule has 36 heavy (non-hydrogen) atoms. The Balaban J connectivity index is 1.37. The number of hydrogen-bond acceptors (Lipinski definition) is 7. The minimum absolute atomic E-state index is 0.0552. The second-order valence-corrected chi connectivity index (χ2v) is 11.9. The van der Waals surface area contributed by atoms with E-state index in [0.29, 0.717) is 21.8 Å². The van der Waals surface area contributed by atoms with Gasteiger partial charge in [0, 0.05) is 15.7 Å². The predicted molar refractivity (Wildman–Crippen MR) is 152 cm³/mol. The summed E-state index contributed by atoms with van der Waals surface area (Å²) in [5.74, 6) is 0.829. The topological polar surface area (TPSA) is 68.9 Å². The van der Waals surface area contributed by atoms with Crippen LogP contribution in [0.5, 0.6) is 0 Å².